The zero-order valence-electron chi connectivity index (χ0n) is 9.10. The fourth-order valence-electron chi connectivity index (χ4n) is 1.20. The van der Waals surface area contributed by atoms with Gasteiger partial charge in [-0.25, -0.2) is 4.79 Å². The van der Waals surface area contributed by atoms with Gasteiger partial charge in [0.2, 0.25) is 5.91 Å². The Kier molecular flexibility index (Phi) is 4.04. The molecule has 0 aromatic heterocycles. The number of aromatic carboxylic acids is 1. The van der Waals surface area contributed by atoms with Gasteiger partial charge in [-0.2, -0.15) is 5.10 Å². The molecule has 0 aliphatic carbocycles. The number of nitrogens with one attached hydrogen (secondary N) is 2. The smallest absolute Gasteiger partial charge is 0.335 e. The Hall–Kier alpha value is -2.57. The highest BCUT2D eigenvalue weighted by Crippen LogP contribution is 2.22. The molecule has 1 amide bonds. The van der Waals surface area contributed by atoms with E-state index in [4.69, 9.17) is 10.9 Å². The summed E-state index contributed by atoms with van der Waals surface area (Å²) in [4.78, 5) is 21.7. The summed E-state index contributed by atoms with van der Waals surface area (Å²) < 4.78 is 0. The molecule has 1 aromatic carbocycles. The van der Waals surface area contributed by atoms with Gasteiger partial charge < -0.3 is 21.6 Å². The lowest BCUT2D eigenvalue weighted by Gasteiger charge is -2.10. The van der Waals surface area contributed by atoms with Crippen molar-refractivity contribution in [1.82, 2.24) is 0 Å². The average molecular weight is 236 g/mol. The predicted octanol–water partition coefficient (Wildman–Crippen LogP) is 0.657. The van der Waals surface area contributed by atoms with Crippen molar-refractivity contribution >= 4 is 29.6 Å². The van der Waals surface area contributed by atoms with Crippen LogP contribution >= 0.6 is 0 Å². The third kappa shape index (κ3) is 3.49. The molecule has 0 aliphatic heterocycles. The lowest BCUT2D eigenvalue weighted by molar-refractivity contribution is -0.114. The molecule has 0 saturated carbocycles. The number of nitrogens with two attached hydrogens (primary N) is 1. The molecule has 0 aliphatic rings. The molecule has 1 rings (SSSR count). The molecule has 0 fully saturated rings. The fourth-order valence-corrected chi connectivity index (χ4v) is 1.20. The van der Waals surface area contributed by atoms with E-state index in [1.807, 2.05) is 0 Å². The van der Waals surface area contributed by atoms with E-state index in [1.54, 1.807) is 0 Å². The minimum Gasteiger partial charge on any atom is -0.478 e. The number of anilines is 2. The third-order valence-electron chi connectivity index (χ3n) is 1.87. The standard InChI is InChI=1S/C10H12N4O3/c1-6(15)14-8-3-2-7(10(16)17)4-9(8)12-5-13-11/h2-5H,11H2,1H3,(H,12,13)(H,14,15)(H,16,17). The molecular formula is C10H12N4O3. The van der Waals surface area contributed by atoms with Crippen molar-refractivity contribution in [3.05, 3.63) is 23.8 Å². The minimum absolute atomic E-state index is 0.0898. The van der Waals surface area contributed by atoms with Crippen LogP contribution in [0.4, 0.5) is 11.4 Å². The molecule has 7 nitrogen and oxygen atoms in total. The van der Waals surface area contributed by atoms with Crippen LogP contribution in [0.15, 0.2) is 23.3 Å². The second-order valence-electron chi connectivity index (χ2n) is 3.17. The van der Waals surface area contributed by atoms with Crippen LogP contribution < -0.4 is 16.5 Å². The topological polar surface area (TPSA) is 117 Å². The van der Waals surface area contributed by atoms with E-state index in [0.29, 0.717) is 11.4 Å². The highest BCUT2D eigenvalue weighted by Gasteiger charge is 2.08. The maximum Gasteiger partial charge on any atom is 0.335 e. The first-order valence-corrected chi connectivity index (χ1v) is 4.67. The van der Waals surface area contributed by atoms with Crippen molar-refractivity contribution in [2.45, 2.75) is 6.92 Å². The summed E-state index contributed by atoms with van der Waals surface area (Å²) in [6.07, 6.45) is 1.19. The van der Waals surface area contributed by atoms with Crippen LogP contribution in [-0.4, -0.2) is 23.3 Å². The zero-order valence-corrected chi connectivity index (χ0v) is 9.10. The van der Waals surface area contributed by atoms with Crippen molar-refractivity contribution in [3.8, 4) is 0 Å². The lowest BCUT2D eigenvalue weighted by atomic mass is 10.1. The molecule has 1 aromatic rings. The number of hydrogen-bond donors (Lipinski definition) is 4. The Morgan fingerprint density at radius 1 is 1.41 bits per heavy atom. The summed E-state index contributed by atoms with van der Waals surface area (Å²) in [5.41, 5.74) is 0.934. The monoisotopic (exact) mass is 236 g/mol. The second-order valence-corrected chi connectivity index (χ2v) is 3.17. The normalized spacial score (nSPS) is 10.2. The zero-order chi connectivity index (χ0) is 12.8. The molecule has 0 heterocycles. The predicted molar refractivity (Wildman–Crippen MR) is 64.0 cm³/mol. The summed E-state index contributed by atoms with van der Waals surface area (Å²) in [6.45, 7) is 1.35. The third-order valence-corrected chi connectivity index (χ3v) is 1.87. The summed E-state index contributed by atoms with van der Waals surface area (Å²) >= 11 is 0. The minimum atomic E-state index is -1.06. The molecule has 0 spiro atoms. The Balaban J connectivity index is 3.11. The van der Waals surface area contributed by atoms with E-state index in [-0.39, 0.29) is 11.5 Å². The number of hydrogen-bond acceptors (Lipinski definition) is 4. The molecule has 17 heavy (non-hydrogen) atoms. The Morgan fingerprint density at radius 2 is 2.12 bits per heavy atom. The number of benzene rings is 1. The van der Waals surface area contributed by atoms with Gasteiger partial charge in [0.15, 0.2) is 0 Å². The first kappa shape index (κ1) is 12.5. The lowest BCUT2D eigenvalue weighted by Crippen LogP contribution is -2.10. The van der Waals surface area contributed by atoms with E-state index in [2.05, 4.69) is 15.7 Å². The van der Waals surface area contributed by atoms with Gasteiger partial charge in [0.1, 0.15) is 6.34 Å². The highest BCUT2D eigenvalue weighted by atomic mass is 16.4. The van der Waals surface area contributed by atoms with Crippen molar-refractivity contribution < 1.29 is 14.7 Å². The first-order chi connectivity index (χ1) is 8.04. The van der Waals surface area contributed by atoms with Crippen LogP contribution in [0, 0.1) is 0 Å². The first-order valence-electron chi connectivity index (χ1n) is 4.67. The molecule has 0 bridgehead atoms. The quantitative estimate of drug-likeness (QED) is 0.265. The molecule has 90 valence electrons. The Morgan fingerprint density at radius 3 is 2.65 bits per heavy atom. The molecule has 5 N–H and O–H groups in total. The number of amides is 1. The van der Waals surface area contributed by atoms with Gasteiger partial charge in [-0.05, 0) is 18.2 Å². The highest BCUT2D eigenvalue weighted by molar-refractivity contribution is 5.98. The van der Waals surface area contributed by atoms with E-state index in [1.165, 1.54) is 31.5 Å². The van der Waals surface area contributed by atoms with Crippen LogP contribution in [0.2, 0.25) is 0 Å². The summed E-state index contributed by atoms with van der Waals surface area (Å²) in [6, 6.07) is 4.24. The average Bonchev–Trinajstić information content (AvgIpc) is 2.26. The van der Waals surface area contributed by atoms with Gasteiger partial charge >= 0.3 is 5.97 Å². The van der Waals surface area contributed by atoms with Gasteiger partial charge in [0.25, 0.3) is 0 Å². The van der Waals surface area contributed by atoms with Crippen molar-refractivity contribution in [2.24, 2.45) is 10.9 Å². The Bertz CT molecular complexity index is 471. The number of carboxylic acids is 1. The summed E-state index contributed by atoms with van der Waals surface area (Å²) in [7, 11) is 0. The largest absolute Gasteiger partial charge is 0.478 e. The molecule has 0 radical (unpaired) electrons. The van der Waals surface area contributed by atoms with Crippen LogP contribution in [0.5, 0.6) is 0 Å². The van der Waals surface area contributed by atoms with Crippen LogP contribution in [0.3, 0.4) is 0 Å². The van der Waals surface area contributed by atoms with Crippen molar-refractivity contribution in [1.29, 1.82) is 0 Å². The molecule has 0 atom stereocenters. The summed E-state index contributed by atoms with van der Waals surface area (Å²) in [5, 5.41) is 17.3. The van der Waals surface area contributed by atoms with Gasteiger partial charge in [-0.3, -0.25) is 4.79 Å². The maximum absolute atomic E-state index is 10.9. The number of carbonyl (C=O) groups is 2. The van der Waals surface area contributed by atoms with Crippen LogP contribution in [-0.2, 0) is 4.79 Å². The number of hydrazone groups is 1. The number of carbonyl (C=O) groups excluding carboxylic acids is 1. The summed E-state index contributed by atoms with van der Waals surface area (Å²) in [5.74, 6) is 3.60. The van der Waals surface area contributed by atoms with E-state index in [0.717, 1.165) is 0 Å². The molecule has 0 unspecified atom stereocenters. The van der Waals surface area contributed by atoms with E-state index in [9.17, 15) is 9.59 Å². The molecule has 7 heteroatoms. The number of nitrogens with zero attached hydrogens (tertiary/aromatic N) is 1. The number of carboxylic acid groups (broad SMARTS) is 1. The van der Waals surface area contributed by atoms with E-state index >= 15 is 0 Å². The van der Waals surface area contributed by atoms with Gasteiger partial charge in [-0.15, -0.1) is 0 Å². The second kappa shape index (κ2) is 5.50. The molecule has 0 saturated heterocycles. The van der Waals surface area contributed by atoms with Crippen LogP contribution in [0.1, 0.15) is 17.3 Å². The van der Waals surface area contributed by atoms with Gasteiger partial charge in [0, 0.05) is 6.92 Å². The van der Waals surface area contributed by atoms with Gasteiger partial charge in [-0.1, -0.05) is 0 Å². The van der Waals surface area contributed by atoms with Crippen molar-refractivity contribution in [2.75, 3.05) is 10.6 Å². The maximum atomic E-state index is 10.9. The fraction of sp³-hybridized carbons (Fsp3) is 0.100. The Labute approximate surface area is 97.3 Å². The van der Waals surface area contributed by atoms with Crippen LogP contribution in [0.25, 0.3) is 0 Å². The van der Waals surface area contributed by atoms with Crippen molar-refractivity contribution in [3.63, 3.8) is 0 Å². The SMILES string of the molecule is CC(=O)Nc1ccc(C(=O)O)cc1NC=NN. The van der Waals surface area contributed by atoms with Gasteiger partial charge in [0.05, 0.1) is 16.9 Å². The number of rotatable bonds is 4. The molecular weight excluding hydrogens is 224 g/mol. The van der Waals surface area contributed by atoms with E-state index < -0.39 is 5.97 Å².